The third-order valence-corrected chi connectivity index (χ3v) is 3.02. The lowest BCUT2D eigenvalue weighted by atomic mass is 10.2. The molecule has 88 valence electrons. The maximum absolute atomic E-state index is 9.49. The van der Waals surface area contributed by atoms with Crippen LogP contribution in [0.5, 0.6) is 0 Å². The number of aliphatic hydroxyl groups is 1. The van der Waals surface area contributed by atoms with Gasteiger partial charge in [0.25, 0.3) is 0 Å². The number of rotatable bonds is 3. The Morgan fingerprint density at radius 3 is 2.71 bits per heavy atom. The predicted molar refractivity (Wildman–Crippen MR) is 65.8 cm³/mol. The minimum Gasteiger partial charge on any atom is -0.389 e. The van der Waals surface area contributed by atoms with Crippen LogP contribution in [0.2, 0.25) is 0 Å². The number of hydrogen-bond donors (Lipinski definition) is 1. The fraction of sp³-hybridized carbons (Fsp3) is 0.250. The fourth-order valence-corrected chi connectivity index (χ4v) is 2.11. The van der Waals surface area contributed by atoms with E-state index in [1.807, 2.05) is 19.1 Å². The maximum atomic E-state index is 9.49. The van der Waals surface area contributed by atoms with E-state index < -0.39 is 6.10 Å². The van der Waals surface area contributed by atoms with Gasteiger partial charge in [-0.2, -0.15) is 0 Å². The molecule has 1 atom stereocenters. The van der Waals surface area contributed by atoms with Gasteiger partial charge in [0, 0.05) is 18.1 Å². The van der Waals surface area contributed by atoms with Crippen molar-refractivity contribution in [3.63, 3.8) is 0 Å². The smallest absolute Gasteiger partial charge is 0.194 e. The molecule has 0 aliphatic heterocycles. The van der Waals surface area contributed by atoms with Crippen LogP contribution >= 0.6 is 11.8 Å². The molecule has 2 rings (SSSR count). The Kier molecular flexibility index (Phi) is 3.71. The second-order valence-corrected chi connectivity index (χ2v) is 4.67. The van der Waals surface area contributed by atoms with Gasteiger partial charge in [0.05, 0.1) is 6.10 Å². The molecule has 5 heteroatoms. The molecule has 17 heavy (non-hydrogen) atoms. The van der Waals surface area contributed by atoms with Crippen LogP contribution in [0.15, 0.2) is 40.8 Å². The van der Waals surface area contributed by atoms with E-state index in [9.17, 15) is 5.11 Å². The summed E-state index contributed by atoms with van der Waals surface area (Å²) in [6, 6.07) is 5.50. The average Bonchev–Trinajstić information content (AvgIpc) is 2.29. The number of nitrogens with zero attached hydrogens (tertiary/aromatic N) is 3. The number of pyridine rings is 1. The van der Waals surface area contributed by atoms with Crippen molar-refractivity contribution >= 4 is 11.8 Å². The molecule has 0 saturated heterocycles. The average molecular weight is 247 g/mol. The first-order valence-corrected chi connectivity index (χ1v) is 6.08. The van der Waals surface area contributed by atoms with E-state index in [2.05, 4.69) is 15.0 Å². The number of hydrogen-bond acceptors (Lipinski definition) is 5. The first-order valence-electron chi connectivity index (χ1n) is 5.26. The maximum Gasteiger partial charge on any atom is 0.194 e. The lowest BCUT2D eigenvalue weighted by Crippen LogP contribution is -1.93. The summed E-state index contributed by atoms with van der Waals surface area (Å²) in [5.41, 5.74) is 1.77. The van der Waals surface area contributed by atoms with Gasteiger partial charge < -0.3 is 5.11 Å². The van der Waals surface area contributed by atoms with Crippen molar-refractivity contribution in [3.05, 3.63) is 41.9 Å². The van der Waals surface area contributed by atoms with E-state index in [4.69, 9.17) is 0 Å². The van der Waals surface area contributed by atoms with Gasteiger partial charge in [-0.1, -0.05) is 0 Å². The van der Waals surface area contributed by atoms with Gasteiger partial charge in [-0.15, -0.1) is 0 Å². The van der Waals surface area contributed by atoms with Crippen molar-refractivity contribution in [2.75, 3.05) is 0 Å². The Hall–Kier alpha value is -1.46. The largest absolute Gasteiger partial charge is 0.389 e. The molecule has 0 unspecified atom stereocenters. The summed E-state index contributed by atoms with van der Waals surface area (Å²) in [7, 11) is 0. The van der Waals surface area contributed by atoms with Gasteiger partial charge in [-0.3, -0.25) is 0 Å². The van der Waals surface area contributed by atoms with E-state index in [1.165, 1.54) is 11.8 Å². The van der Waals surface area contributed by atoms with E-state index in [0.29, 0.717) is 5.16 Å². The van der Waals surface area contributed by atoms with Crippen molar-refractivity contribution in [2.45, 2.75) is 30.1 Å². The topological polar surface area (TPSA) is 58.9 Å². The minimum absolute atomic E-state index is 0.490. The zero-order valence-corrected chi connectivity index (χ0v) is 10.5. The molecule has 2 aromatic rings. The summed E-state index contributed by atoms with van der Waals surface area (Å²) in [5.74, 6) is 0. The summed E-state index contributed by atoms with van der Waals surface area (Å²) in [6.07, 6.45) is 2.92. The third-order valence-electron chi connectivity index (χ3n) is 2.21. The number of aliphatic hydroxyl groups excluding tert-OH is 1. The molecule has 0 spiro atoms. The highest BCUT2D eigenvalue weighted by molar-refractivity contribution is 7.99. The van der Waals surface area contributed by atoms with Crippen LogP contribution in [-0.2, 0) is 0 Å². The van der Waals surface area contributed by atoms with E-state index in [0.717, 1.165) is 16.3 Å². The molecular weight excluding hydrogens is 234 g/mol. The van der Waals surface area contributed by atoms with Crippen LogP contribution in [0.1, 0.15) is 24.3 Å². The molecule has 2 aromatic heterocycles. The van der Waals surface area contributed by atoms with Gasteiger partial charge in [-0.25, -0.2) is 15.0 Å². The first kappa shape index (κ1) is 12.0. The molecule has 2 heterocycles. The van der Waals surface area contributed by atoms with Crippen molar-refractivity contribution in [3.8, 4) is 0 Å². The third kappa shape index (κ3) is 3.25. The van der Waals surface area contributed by atoms with Crippen molar-refractivity contribution in [2.24, 2.45) is 0 Å². The first-order chi connectivity index (χ1) is 8.15. The standard InChI is InChI=1S/C12H13N3OS/c1-8-3-5-14-12(15-8)17-11-7-10(9(2)16)4-6-13-11/h3-7,9,16H,1-2H3/t9-/m1/s1. The summed E-state index contributed by atoms with van der Waals surface area (Å²) in [6.45, 7) is 3.65. The van der Waals surface area contributed by atoms with Crippen molar-refractivity contribution in [1.82, 2.24) is 15.0 Å². The molecule has 0 fully saturated rings. The van der Waals surface area contributed by atoms with Crippen molar-refractivity contribution < 1.29 is 5.11 Å². The second-order valence-electron chi connectivity index (χ2n) is 3.69. The van der Waals surface area contributed by atoms with Crippen molar-refractivity contribution in [1.29, 1.82) is 0 Å². The van der Waals surface area contributed by atoms with Crippen LogP contribution in [0, 0.1) is 6.92 Å². The highest BCUT2D eigenvalue weighted by atomic mass is 32.2. The number of aryl methyl sites for hydroxylation is 1. The Labute approximate surface area is 104 Å². The molecule has 0 bridgehead atoms. The highest BCUT2D eigenvalue weighted by Gasteiger charge is 2.05. The minimum atomic E-state index is -0.490. The van der Waals surface area contributed by atoms with E-state index in [-0.39, 0.29) is 0 Å². The summed E-state index contributed by atoms with van der Waals surface area (Å²) in [5, 5.41) is 10.9. The highest BCUT2D eigenvalue weighted by Crippen LogP contribution is 2.24. The Balaban J connectivity index is 2.21. The van der Waals surface area contributed by atoms with Crippen LogP contribution in [-0.4, -0.2) is 20.1 Å². The summed E-state index contributed by atoms with van der Waals surface area (Å²) in [4.78, 5) is 12.7. The molecular formula is C12H13N3OS. The van der Waals surface area contributed by atoms with Crippen LogP contribution in [0.3, 0.4) is 0 Å². The monoisotopic (exact) mass is 247 g/mol. The molecule has 0 aliphatic rings. The molecule has 1 N–H and O–H groups in total. The molecule has 0 aromatic carbocycles. The Bertz CT molecular complexity index is 517. The lowest BCUT2D eigenvalue weighted by Gasteiger charge is -2.05. The van der Waals surface area contributed by atoms with Crippen LogP contribution < -0.4 is 0 Å². The lowest BCUT2D eigenvalue weighted by molar-refractivity contribution is 0.199. The molecule has 0 amide bonds. The molecule has 0 saturated carbocycles. The second kappa shape index (κ2) is 5.25. The Morgan fingerprint density at radius 1 is 1.24 bits per heavy atom. The van der Waals surface area contributed by atoms with Gasteiger partial charge in [0.2, 0.25) is 0 Å². The summed E-state index contributed by atoms with van der Waals surface area (Å²) >= 11 is 1.39. The fourth-order valence-electron chi connectivity index (χ4n) is 1.31. The molecule has 0 radical (unpaired) electrons. The van der Waals surface area contributed by atoms with E-state index >= 15 is 0 Å². The summed E-state index contributed by atoms with van der Waals surface area (Å²) < 4.78 is 0. The normalized spacial score (nSPS) is 12.4. The number of aromatic nitrogens is 3. The zero-order chi connectivity index (χ0) is 12.3. The van der Waals surface area contributed by atoms with E-state index in [1.54, 1.807) is 25.4 Å². The van der Waals surface area contributed by atoms with Gasteiger partial charge >= 0.3 is 0 Å². The Morgan fingerprint density at radius 2 is 2.00 bits per heavy atom. The van der Waals surface area contributed by atoms with Gasteiger partial charge in [-0.05, 0) is 49.4 Å². The van der Waals surface area contributed by atoms with Gasteiger partial charge in [0.15, 0.2) is 5.16 Å². The molecule has 0 aliphatic carbocycles. The quantitative estimate of drug-likeness (QED) is 0.844. The molecule has 4 nitrogen and oxygen atoms in total. The zero-order valence-electron chi connectivity index (χ0n) is 9.66. The SMILES string of the molecule is Cc1ccnc(Sc2cc([C@@H](C)O)ccn2)n1. The van der Waals surface area contributed by atoms with Crippen LogP contribution in [0.25, 0.3) is 0 Å². The van der Waals surface area contributed by atoms with Crippen LogP contribution in [0.4, 0.5) is 0 Å². The van der Waals surface area contributed by atoms with Gasteiger partial charge in [0.1, 0.15) is 5.03 Å². The predicted octanol–water partition coefficient (Wildman–Crippen LogP) is 2.38.